The van der Waals surface area contributed by atoms with E-state index in [9.17, 15) is 4.79 Å². The number of fused-ring (bicyclic) bond motifs is 1. The summed E-state index contributed by atoms with van der Waals surface area (Å²) in [6.45, 7) is 2.97. The van der Waals surface area contributed by atoms with Crippen molar-refractivity contribution in [2.24, 2.45) is 7.05 Å². The maximum absolute atomic E-state index is 12.5. The fourth-order valence-corrected chi connectivity index (χ4v) is 3.25. The molecule has 1 aromatic heterocycles. The highest BCUT2D eigenvalue weighted by molar-refractivity contribution is 5.92. The molecule has 3 heterocycles. The second-order valence-electron chi connectivity index (χ2n) is 6.20. The fraction of sp³-hybridized carbons (Fsp3) is 0.412. The Kier molecular flexibility index (Phi) is 4.29. The van der Waals surface area contributed by atoms with E-state index in [0.717, 1.165) is 25.5 Å². The van der Waals surface area contributed by atoms with Crippen molar-refractivity contribution in [1.82, 2.24) is 19.8 Å². The van der Waals surface area contributed by atoms with Crippen molar-refractivity contribution >= 4 is 11.6 Å². The van der Waals surface area contributed by atoms with Crippen LogP contribution >= 0.6 is 0 Å². The Labute approximate surface area is 145 Å². The fourth-order valence-electron chi connectivity index (χ4n) is 3.25. The minimum Gasteiger partial charge on any atom is -0.454 e. The standard InChI is InChI=1S/C17H21N5O3/c1-21-6-5-19-17(21)13-9-18-4-7-22(13)10-16(23)20-12-2-3-14-15(8-12)25-11-24-14/h2-3,5-6,8,13,18H,4,7,9-11H2,1H3,(H,20,23). The van der Waals surface area contributed by atoms with Crippen LogP contribution in [0.15, 0.2) is 30.6 Å². The molecule has 0 radical (unpaired) electrons. The van der Waals surface area contributed by atoms with Crippen LogP contribution in [-0.4, -0.2) is 53.3 Å². The number of nitrogens with zero attached hydrogens (tertiary/aromatic N) is 3. The number of piperazine rings is 1. The second kappa shape index (κ2) is 6.73. The molecular formula is C17H21N5O3. The van der Waals surface area contributed by atoms with Crippen LogP contribution in [0.5, 0.6) is 11.5 Å². The molecule has 25 heavy (non-hydrogen) atoms. The predicted molar refractivity (Wildman–Crippen MR) is 91.6 cm³/mol. The number of aryl methyl sites for hydroxylation is 1. The lowest BCUT2D eigenvalue weighted by molar-refractivity contribution is -0.118. The van der Waals surface area contributed by atoms with Crippen LogP contribution in [0.1, 0.15) is 11.9 Å². The number of rotatable bonds is 4. The number of amides is 1. The third kappa shape index (κ3) is 3.31. The lowest BCUT2D eigenvalue weighted by atomic mass is 10.1. The average Bonchev–Trinajstić information content (AvgIpc) is 3.23. The molecule has 2 aliphatic heterocycles. The molecule has 1 unspecified atom stereocenters. The molecule has 1 atom stereocenters. The van der Waals surface area contributed by atoms with Crippen molar-refractivity contribution in [3.8, 4) is 11.5 Å². The first-order valence-electron chi connectivity index (χ1n) is 8.32. The summed E-state index contributed by atoms with van der Waals surface area (Å²) in [4.78, 5) is 19.1. The summed E-state index contributed by atoms with van der Waals surface area (Å²) >= 11 is 0. The Morgan fingerprint density at radius 3 is 3.12 bits per heavy atom. The number of anilines is 1. The Balaban J connectivity index is 1.43. The van der Waals surface area contributed by atoms with Crippen molar-refractivity contribution in [2.75, 3.05) is 38.3 Å². The van der Waals surface area contributed by atoms with Gasteiger partial charge in [-0.1, -0.05) is 0 Å². The van der Waals surface area contributed by atoms with Crippen molar-refractivity contribution in [3.63, 3.8) is 0 Å². The van der Waals surface area contributed by atoms with Gasteiger partial charge in [0.1, 0.15) is 5.82 Å². The van der Waals surface area contributed by atoms with E-state index in [1.165, 1.54) is 0 Å². The molecule has 8 nitrogen and oxygen atoms in total. The van der Waals surface area contributed by atoms with Crippen molar-refractivity contribution in [1.29, 1.82) is 0 Å². The lowest BCUT2D eigenvalue weighted by Gasteiger charge is -2.35. The summed E-state index contributed by atoms with van der Waals surface area (Å²) in [5.41, 5.74) is 0.706. The summed E-state index contributed by atoms with van der Waals surface area (Å²) in [6.07, 6.45) is 3.71. The van der Waals surface area contributed by atoms with Crippen LogP contribution in [0.2, 0.25) is 0 Å². The maximum Gasteiger partial charge on any atom is 0.238 e. The highest BCUT2D eigenvalue weighted by Gasteiger charge is 2.28. The van der Waals surface area contributed by atoms with Gasteiger partial charge in [0.2, 0.25) is 12.7 Å². The molecule has 1 fully saturated rings. The molecule has 0 saturated carbocycles. The minimum absolute atomic E-state index is 0.0556. The molecule has 4 rings (SSSR count). The van der Waals surface area contributed by atoms with Gasteiger partial charge in [-0.2, -0.15) is 0 Å². The van der Waals surface area contributed by atoms with E-state index < -0.39 is 0 Å². The SMILES string of the molecule is Cn1ccnc1C1CNCCN1CC(=O)Nc1ccc2c(c1)OCO2. The highest BCUT2D eigenvalue weighted by Crippen LogP contribution is 2.34. The lowest BCUT2D eigenvalue weighted by Crippen LogP contribution is -2.49. The van der Waals surface area contributed by atoms with Gasteiger partial charge in [-0.05, 0) is 12.1 Å². The van der Waals surface area contributed by atoms with E-state index in [1.54, 1.807) is 18.3 Å². The molecule has 2 aromatic rings. The molecular weight excluding hydrogens is 322 g/mol. The Hall–Kier alpha value is -2.58. The predicted octanol–water partition coefficient (Wildman–Crippen LogP) is 0.734. The van der Waals surface area contributed by atoms with Gasteiger partial charge in [0.05, 0.1) is 12.6 Å². The van der Waals surface area contributed by atoms with Gasteiger partial charge >= 0.3 is 0 Å². The average molecular weight is 343 g/mol. The quantitative estimate of drug-likeness (QED) is 0.852. The minimum atomic E-state index is -0.0556. The number of aromatic nitrogens is 2. The molecule has 132 valence electrons. The van der Waals surface area contributed by atoms with Gasteiger partial charge < -0.3 is 24.7 Å². The van der Waals surface area contributed by atoms with Crippen LogP contribution in [0.25, 0.3) is 0 Å². The van der Waals surface area contributed by atoms with E-state index in [2.05, 4.69) is 20.5 Å². The van der Waals surface area contributed by atoms with Gasteiger partial charge in [-0.3, -0.25) is 9.69 Å². The van der Waals surface area contributed by atoms with Gasteiger partial charge in [-0.15, -0.1) is 0 Å². The van der Waals surface area contributed by atoms with Crippen molar-refractivity contribution < 1.29 is 14.3 Å². The van der Waals surface area contributed by atoms with E-state index in [1.807, 2.05) is 23.9 Å². The molecule has 2 N–H and O–H groups in total. The number of hydrogen-bond donors (Lipinski definition) is 2. The molecule has 8 heteroatoms. The monoisotopic (exact) mass is 343 g/mol. The molecule has 1 amide bonds. The van der Waals surface area contributed by atoms with Crippen LogP contribution in [0, 0.1) is 0 Å². The van der Waals surface area contributed by atoms with Gasteiger partial charge in [0, 0.05) is 50.8 Å². The van der Waals surface area contributed by atoms with Crippen molar-refractivity contribution in [2.45, 2.75) is 6.04 Å². The second-order valence-corrected chi connectivity index (χ2v) is 6.20. The summed E-state index contributed by atoms with van der Waals surface area (Å²) in [5.74, 6) is 2.27. The third-order valence-corrected chi connectivity index (χ3v) is 4.51. The zero-order valence-electron chi connectivity index (χ0n) is 14.1. The molecule has 0 aliphatic carbocycles. The Morgan fingerprint density at radius 2 is 2.28 bits per heavy atom. The first-order valence-corrected chi connectivity index (χ1v) is 8.32. The first-order chi connectivity index (χ1) is 12.2. The Morgan fingerprint density at radius 1 is 1.40 bits per heavy atom. The van der Waals surface area contributed by atoms with Gasteiger partial charge in [-0.25, -0.2) is 4.98 Å². The summed E-state index contributed by atoms with van der Waals surface area (Å²) < 4.78 is 12.6. The number of carbonyl (C=O) groups is 1. The number of ether oxygens (including phenoxy) is 2. The van der Waals surface area contributed by atoms with Crippen LogP contribution in [0.3, 0.4) is 0 Å². The first kappa shape index (κ1) is 15.9. The van der Waals surface area contributed by atoms with Crippen LogP contribution in [0.4, 0.5) is 5.69 Å². The number of carbonyl (C=O) groups excluding carboxylic acids is 1. The number of benzene rings is 1. The van der Waals surface area contributed by atoms with Crippen molar-refractivity contribution in [3.05, 3.63) is 36.4 Å². The number of nitrogens with one attached hydrogen (secondary N) is 2. The summed E-state index contributed by atoms with van der Waals surface area (Å²) in [5, 5.41) is 6.31. The molecule has 2 aliphatic rings. The van der Waals surface area contributed by atoms with Gasteiger partial charge in [0.25, 0.3) is 0 Å². The van der Waals surface area contributed by atoms with E-state index in [4.69, 9.17) is 9.47 Å². The highest BCUT2D eigenvalue weighted by atomic mass is 16.7. The molecule has 0 bridgehead atoms. The summed E-state index contributed by atoms with van der Waals surface area (Å²) in [6, 6.07) is 5.49. The smallest absolute Gasteiger partial charge is 0.238 e. The molecule has 1 aromatic carbocycles. The zero-order valence-corrected chi connectivity index (χ0v) is 14.1. The topological polar surface area (TPSA) is 80.7 Å². The number of imidazole rings is 1. The summed E-state index contributed by atoms with van der Waals surface area (Å²) in [7, 11) is 1.97. The van der Waals surface area contributed by atoms with Crippen LogP contribution in [-0.2, 0) is 11.8 Å². The Bertz CT molecular complexity index is 775. The number of hydrogen-bond acceptors (Lipinski definition) is 6. The normalized spacial score (nSPS) is 19.8. The largest absolute Gasteiger partial charge is 0.454 e. The molecule has 0 spiro atoms. The van der Waals surface area contributed by atoms with Gasteiger partial charge in [0.15, 0.2) is 11.5 Å². The van der Waals surface area contributed by atoms with E-state index in [0.29, 0.717) is 23.7 Å². The van der Waals surface area contributed by atoms with E-state index in [-0.39, 0.29) is 18.7 Å². The van der Waals surface area contributed by atoms with Crippen LogP contribution < -0.4 is 20.1 Å². The van der Waals surface area contributed by atoms with E-state index >= 15 is 0 Å². The zero-order chi connectivity index (χ0) is 17.2. The molecule has 1 saturated heterocycles. The third-order valence-electron chi connectivity index (χ3n) is 4.51. The maximum atomic E-state index is 12.5.